The summed E-state index contributed by atoms with van der Waals surface area (Å²) in [6.45, 7) is 4.61. The zero-order chi connectivity index (χ0) is 16.8. The first-order chi connectivity index (χ1) is 12.3. The summed E-state index contributed by atoms with van der Waals surface area (Å²) in [6.07, 6.45) is 11.1. The number of rotatable bonds is 2. The highest BCUT2D eigenvalue weighted by Gasteiger charge is 2.31. The van der Waals surface area contributed by atoms with Crippen molar-refractivity contribution in [3.63, 3.8) is 0 Å². The van der Waals surface area contributed by atoms with Gasteiger partial charge in [-0.25, -0.2) is 9.97 Å². The summed E-state index contributed by atoms with van der Waals surface area (Å²) in [5.74, 6) is 2.72. The summed E-state index contributed by atoms with van der Waals surface area (Å²) in [7, 11) is 2.00. The van der Waals surface area contributed by atoms with Crippen molar-refractivity contribution in [1.29, 1.82) is 0 Å². The first kappa shape index (κ1) is 15.6. The predicted octanol–water partition coefficient (Wildman–Crippen LogP) is 2.70. The normalized spacial score (nSPS) is 25.6. The van der Waals surface area contributed by atoms with Crippen LogP contribution in [0, 0.1) is 0 Å². The third-order valence-corrected chi connectivity index (χ3v) is 6.45. The first-order valence-corrected chi connectivity index (χ1v) is 9.98. The van der Waals surface area contributed by atoms with E-state index in [1.54, 1.807) is 0 Å². The molecule has 0 radical (unpaired) electrons. The molecule has 0 N–H and O–H groups in total. The Morgan fingerprint density at radius 2 is 1.80 bits per heavy atom. The molecule has 6 heteroatoms. The summed E-state index contributed by atoms with van der Waals surface area (Å²) >= 11 is 0. The average molecular weight is 340 g/mol. The van der Waals surface area contributed by atoms with Crippen LogP contribution in [-0.2, 0) is 7.05 Å². The van der Waals surface area contributed by atoms with Gasteiger partial charge in [-0.3, -0.25) is 9.58 Å². The van der Waals surface area contributed by atoms with E-state index in [4.69, 9.17) is 9.97 Å². The summed E-state index contributed by atoms with van der Waals surface area (Å²) in [4.78, 5) is 15.2. The Balaban J connectivity index is 1.53. The molecule has 0 spiro atoms. The van der Waals surface area contributed by atoms with Gasteiger partial charge in [-0.15, -0.1) is 0 Å². The van der Waals surface area contributed by atoms with Gasteiger partial charge in [0.05, 0.1) is 11.6 Å². The molecule has 134 valence electrons. The molecule has 0 unspecified atom stereocenters. The van der Waals surface area contributed by atoms with Gasteiger partial charge in [0, 0.05) is 38.6 Å². The maximum absolute atomic E-state index is 5.10. The van der Waals surface area contributed by atoms with Crippen LogP contribution in [0.3, 0.4) is 0 Å². The first-order valence-electron chi connectivity index (χ1n) is 9.98. The van der Waals surface area contributed by atoms with Crippen LogP contribution in [0.1, 0.15) is 56.7 Å². The van der Waals surface area contributed by atoms with Gasteiger partial charge in [0.15, 0.2) is 5.65 Å². The number of piperidine rings is 1. The molecule has 0 aromatic carbocycles. The van der Waals surface area contributed by atoms with Crippen molar-refractivity contribution in [1.82, 2.24) is 24.6 Å². The minimum atomic E-state index is 0.536. The Hall–Kier alpha value is -1.69. The molecule has 2 aromatic heterocycles. The predicted molar refractivity (Wildman–Crippen MR) is 98.9 cm³/mol. The van der Waals surface area contributed by atoms with Gasteiger partial charge in [-0.1, -0.05) is 19.3 Å². The van der Waals surface area contributed by atoms with E-state index in [1.165, 1.54) is 51.5 Å². The van der Waals surface area contributed by atoms with Crippen molar-refractivity contribution < 1.29 is 0 Å². The molecule has 6 nitrogen and oxygen atoms in total. The number of fused-ring (bicyclic) bond motifs is 2. The van der Waals surface area contributed by atoms with Crippen LogP contribution in [0.5, 0.6) is 0 Å². The molecule has 4 heterocycles. The van der Waals surface area contributed by atoms with Crippen molar-refractivity contribution in [3.8, 4) is 0 Å². The fourth-order valence-electron chi connectivity index (χ4n) is 4.98. The van der Waals surface area contributed by atoms with Crippen LogP contribution in [0.15, 0.2) is 6.20 Å². The largest absolute Gasteiger partial charge is 0.353 e. The highest BCUT2D eigenvalue weighted by molar-refractivity contribution is 5.87. The third-order valence-electron chi connectivity index (χ3n) is 6.45. The second-order valence-electron chi connectivity index (χ2n) is 8.02. The molecule has 1 saturated carbocycles. The Morgan fingerprint density at radius 1 is 0.960 bits per heavy atom. The number of hydrogen-bond donors (Lipinski definition) is 0. The third kappa shape index (κ3) is 2.71. The van der Waals surface area contributed by atoms with E-state index < -0.39 is 0 Å². The van der Waals surface area contributed by atoms with E-state index in [1.807, 2.05) is 17.9 Å². The van der Waals surface area contributed by atoms with E-state index in [2.05, 4.69) is 14.9 Å². The molecule has 5 rings (SSSR count). The quantitative estimate of drug-likeness (QED) is 0.841. The highest BCUT2D eigenvalue weighted by atomic mass is 15.3. The Bertz CT molecular complexity index is 763. The van der Waals surface area contributed by atoms with Gasteiger partial charge < -0.3 is 4.90 Å². The fraction of sp³-hybridized carbons (Fsp3) is 0.737. The molecular formula is C19H28N6. The standard InChI is InChI=1S/C19H28N6/c1-23-18-16(12-20-23)19(22-17(21-18)14-6-2-3-7-14)25-11-10-24-9-5-4-8-15(24)13-25/h12,14-15H,2-11,13H2,1H3/t15-/m1/s1. The maximum atomic E-state index is 5.10. The van der Waals surface area contributed by atoms with Gasteiger partial charge in [0.2, 0.25) is 0 Å². The van der Waals surface area contributed by atoms with Crippen molar-refractivity contribution in [2.45, 2.75) is 56.9 Å². The maximum Gasteiger partial charge on any atom is 0.163 e. The van der Waals surface area contributed by atoms with E-state index in [9.17, 15) is 0 Å². The molecule has 1 aliphatic carbocycles. The topological polar surface area (TPSA) is 50.1 Å². The van der Waals surface area contributed by atoms with Crippen LogP contribution in [-0.4, -0.2) is 56.9 Å². The van der Waals surface area contributed by atoms with E-state index in [-0.39, 0.29) is 0 Å². The van der Waals surface area contributed by atoms with E-state index in [0.717, 1.165) is 42.3 Å². The lowest BCUT2D eigenvalue weighted by molar-refractivity contribution is 0.133. The van der Waals surface area contributed by atoms with Gasteiger partial charge in [0.25, 0.3) is 0 Å². The van der Waals surface area contributed by atoms with Gasteiger partial charge in [-0.05, 0) is 32.2 Å². The van der Waals surface area contributed by atoms with Crippen molar-refractivity contribution in [2.24, 2.45) is 7.05 Å². The highest BCUT2D eigenvalue weighted by Crippen LogP contribution is 2.35. The van der Waals surface area contributed by atoms with Gasteiger partial charge in [0.1, 0.15) is 11.6 Å². The van der Waals surface area contributed by atoms with Crippen LogP contribution in [0.4, 0.5) is 5.82 Å². The van der Waals surface area contributed by atoms with Crippen molar-refractivity contribution >= 4 is 16.9 Å². The lowest BCUT2D eigenvalue weighted by atomic mass is 9.99. The number of aryl methyl sites for hydroxylation is 1. The minimum absolute atomic E-state index is 0.536. The van der Waals surface area contributed by atoms with Gasteiger partial charge >= 0.3 is 0 Å². The lowest BCUT2D eigenvalue weighted by Crippen LogP contribution is -2.55. The number of nitrogens with zero attached hydrogens (tertiary/aromatic N) is 6. The minimum Gasteiger partial charge on any atom is -0.353 e. The molecule has 2 aliphatic heterocycles. The van der Waals surface area contributed by atoms with Crippen molar-refractivity contribution in [3.05, 3.63) is 12.0 Å². The number of aromatic nitrogens is 4. The van der Waals surface area contributed by atoms with Crippen molar-refractivity contribution in [2.75, 3.05) is 31.1 Å². The molecule has 2 saturated heterocycles. The molecule has 2 aromatic rings. The molecule has 3 aliphatic rings. The fourth-order valence-corrected chi connectivity index (χ4v) is 4.98. The zero-order valence-corrected chi connectivity index (χ0v) is 15.2. The molecule has 0 amide bonds. The summed E-state index contributed by atoms with van der Waals surface area (Å²) < 4.78 is 1.91. The Kier molecular flexibility index (Phi) is 3.88. The van der Waals surface area contributed by atoms with E-state index >= 15 is 0 Å². The zero-order valence-electron chi connectivity index (χ0n) is 15.2. The number of hydrogen-bond acceptors (Lipinski definition) is 5. The molecule has 1 atom stereocenters. The number of anilines is 1. The summed E-state index contributed by atoms with van der Waals surface area (Å²) in [6, 6.07) is 0.694. The molecular weight excluding hydrogens is 312 g/mol. The SMILES string of the molecule is Cn1ncc2c(N3CCN4CCCC[C@@H]4C3)nc(C3CCCC3)nc21. The van der Waals surface area contributed by atoms with E-state index in [0.29, 0.717) is 12.0 Å². The molecule has 25 heavy (non-hydrogen) atoms. The average Bonchev–Trinajstić information content (AvgIpc) is 3.31. The van der Waals surface area contributed by atoms with Crippen LogP contribution in [0.25, 0.3) is 11.0 Å². The Labute approximate surface area is 149 Å². The monoisotopic (exact) mass is 340 g/mol. The summed E-state index contributed by atoms with van der Waals surface area (Å²) in [5, 5.41) is 5.60. The second kappa shape index (κ2) is 6.24. The molecule has 3 fully saturated rings. The number of piperazine rings is 1. The second-order valence-corrected chi connectivity index (χ2v) is 8.02. The summed E-state index contributed by atoms with van der Waals surface area (Å²) in [5.41, 5.74) is 0.998. The van der Waals surface area contributed by atoms with Crippen LogP contribution < -0.4 is 4.90 Å². The van der Waals surface area contributed by atoms with Gasteiger partial charge in [-0.2, -0.15) is 5.10 Å². The van der Waals surface area contributed by atoms with Crippen LogP contribution >= 0.6 is 0 Å². The molecule has 0 bridgehead atoms. The smallest absolute Gasteiger partial charge is 0.163 e. The van der Waals surface area contributed by atoms with Crippen LogP contribution in [0.2, 0.25) is 0 Å². The lowest BCUT2D eigenvalue weighted by Gasteiger charge is -2.44. The Morgan fingerprint density at radius 3 is 2.68 bits per heavy atom.